The topological polar surface area (TPSA) is 235 Å². The van der Waals surface area contributed by atoms with Crippen molar-refractivity contribution in [3.8, 4) is 0 Å². The molecule has 1 saturated heterocycles. The summed E-state index contributed by atoms with van der Waals surface area (Å²) in [5.74, 6) is -2.66. The second-order valence-electron chi connectivity index (χ2n) is 3.99. The van der Waals surface area contributed by atoms with Crippen molar-refractivity contribution in [3.63, 3.8) is 0 Å². The van der Waals surface area contributed by atoms with Crippen molar-refractivity contribution < 1.29 is 63.3 Å². The molecular weight excluding hydrogens is 365 g/mol. The Bertz CT molecular complexity index is 434. The van der Waals surface area contributed by atoms with E-state index < -0.39 is 53.0 Å². The van der Waals surface area contributed by atoms with Crippen LogP contribution in [0, 0.1) is 0 Å². The molecule has 0 bridgehead atoms. The van der Waals surface area contributed by atoms with Gasteiger partial charge in [-0.25, -0.2) is 9.13 Å². The molecule has 0 aromatic carbocycles. The zero-order valence-corrected chi connectivity index (χ0v) is 12.0. The first-order chi connectivity index (χ1) is 8.84. The number of phosphoric ester groups is 2. The molecule has 13 nitrogen and oxygen atoms in total. The second kappa shape index (κ2) is 8.92. The van der Waals surface area contributed by atoms with Crippen LogP contribution in [0.1, 0.15) is 0 Å². The van der Waals surface area contributed by atoms with Gasteiger partial charge in [0.15, 0.2) is 0 Å². The fourth-order valence-electron chi connectivity index (χ4n) is 1.47. The molecule has 1 aliphatic rings. The molecule has 4 atom stereocenters. The van der Waals surface area contributed by atoms with Crippen LogP contribution in [0.2, 0.25) is 0 Å². The molecule has 0 aromatic rings. The Morgan fingerprint density at radius 2 is 1.50 bits per heavy atom. The summed E-state index contributed by atoms with van der Waals surface area (Å²) in [5, 5.41) is 28.8. The van der Waals surface area contributed by atoms with Gasteiger partial charge in [-0.15, -0.1) is 0 Å². The minimum absolute atomic E-state index is 0. The van der Waals surface area contributed by atoms with Gasteiger partial charge in [-0.2, -0.15) is 0 Å². The summed E-state index contributed by atoms with van der Waals surface area (Å²) in [6.07, 6.45) is -5.38. The molecule has 1 fully saturated rings. The molecule has 0 amide bonds. The zero-order chi connectivity index (χ0) is 15.8. The molecule has 16 heteroatoms. The molecule has 22 heavy (non-hydrogen) atoms. The Labute approximate surface area is 145 Å². The van der Waals surface area contributed by atoms with Gasteiger partial charge in [0.25, 0.3) is 0 Å². The third-order valence-corrected chi connectivity index (χ3v) is 3.32. The molecule has 1 heterocycles. The van der Waals surface area contributed by atoms with Crippen LogP contribution in [-0.4, -0.2) is 107 Å². The minimum atomic E-state index is -4.96. The molecule has 1 rings (SSSR count). The Morgan fingerprint density at radius 1 is 1.05 bits per heavy atom. The molecule has 0 radical (unpaired) electrons. The monoisotopic (exact) mass is 382 g/mol. The van der Waals surface area contributed by atoms with E-state index in [4.69, 9.17) is 19.6 Å². The van der Waals surface area contributed by atoms with Crippen LogP contribution in [0.3, 0.4) is 0 Å². The van der Waals surface area contributed by atoms with Gasteiger partial charge in [0.05, 0.1) is 6.61 Å². The van der Waals surface area contributed by atoms with Gasteiger partial charge in [0, 0.05) is 0 Å². The number of phosphoric acid groups is 2. The van der Waals surface area contributed by atoms with Crippen molar-refractivity contribution in [1.29, 1.82) is 0 Å². The van der Waals surface area contributed by atoms with E-state index in [0.29, 0.717) is 0 Å². The van der Waals surface area contributed by atoms with E-state index in [0.717, 1.165) is 0 Å². The molecule has 0 aliphatic carbocycles. The van der Waals surface area contributed by atoms with Crippen molar-refractivity contribution in [2.24, 2.45) is 0 Å². The first-order valence-electron chi connectivity index (χ1n) is 5.00. The number of rotatable bonds is 6. The van der Waals surface area contributed by atoms with Crippen molar-refractivity contribution in [2.45, 2.75) is 24.1 Å². The summed E-state index contributed by atoms with van der Waals surface area (Å²) in [4.78, 5) is 33.9. The summed E-state index contributed by atoms with van der Waals surface area (Å²) in [6, 6.07) is 0. The number of aliphatic hydroxyl groups is 3. The molecule has 0 aromatic heterocycles. The van der Waals surface area contributed by atoms with E-state index in [1.165, 1.54) is 0 Å². The fourth-order valence-corrected chi connectivity index (χ4v) is 2.17. The van der Waals surface area contributed by atoms with Crippen LogP contribution in [0.25, 0.3) is 0 Å². The van der Waals surface area contributed by atoms with Gasteiger partial charge < -0.3 is 45.1 Å². The van der Waals surface area contributed by atoms with Gasteiger partial charge >= 0.3 is 45.2 Å². The summed E-state index contributed by atoms with van der Waals surface area (Å²) in [5.41, 5.74) is 0. The van der Waals surface area contributed by atoms with Crippen molar-refractivity contribution >= 4 is 45.2 Å². The summed E-state index contributed by atoms with van der Waals surface area (Å²) >= 11 is 0. The molecule has 0 unspecified atom stereocenters. The van der Waals surface area contributed by atoms with E-state index in [1.807, 2.05) is 0 Å². The fraction of sp³-hybridized carbons (Fsp3) is 1.00. The van der Waals surface area contributed by atoms with Crippen LogP contribution >= 0.6 is 15.6 Å². The van der Waals surface area contributed by atoms with Crippen LogP contribution in [-0.2, 0) is 22.9 Å². The number of aliphatic hydroxyl groups excluding tert-OH is 2. The van der Waals surface area contributed by atoms with E-state index in [-0.39, 0.29) is 35.0 Å². The Morgan fingerprint density at radius 3 is 1.91 bits per heavy atom. The first kappa shape index (κ1) is 25.3. The van der Waals surface area contributed by atoms with Crippen molar-refractivity contribution in [1.82, 2.24) is 0 Å². The van der Waals surface area contributed by atoms with Crippen molar-refractivity contribution in [3.05, 3.63) is 0 Å². The van der Waals surface area contributed by atoms with Crippen LogP contribution in [0.4, 0.5) is 0 Å². The predicted molar refractivity (Wildman–Crippen MR) is 68.6 cm³/mol. The van der Waals surface area contributed by atoms with Gasteiger partial charge in [-0.1, -0.05) is 0 Å². The Balaban J connectivity index is 0. The Hall–Kier alpha value is 1.02. The molecule has 1 aliphatic heterocycles. The molecule has 9 N–H and O–H groups in total. The van der Waals surface area contributed by atoms with E-state index in [2.05, 4.69) is 13.8 Å². The predicted octanol–water partition coefficient (Wildman–Crippen LogP) is -4.46. The normalized spacial score (nSPS) is 32.2. The first-order valence-corrected chi connectivity index (χ1v) is 8.07. The summed E-state index contributed by atoms with van der Waals surface area (Å²) in [7, 11) is -9.82. The summed E-state index contributed by atoms with van der Waals surface area (Å²) in [6.45, 7) is -2.05. The van der Waals surface area contributed by atoms with Crippen LogP contribution < -0.4 is 0 Å². The molecule has 0 spiro atoms. The van der Waals surface area contributed by atoms with Gasteiger partial charge in [0.1, 0.15) is 24.9 Å². The van der Waals surface area contributed by atoms with Gasteiger partial charge in [0.2, 0.25) is 5.79 Å². The molecular formula is C6H17NaO13P2. The number of ether oxygens (including phenoxy) is 1. The van der Waals surface area contributed by atoms with E-state index in [1.54, 1.807) is 0 Å². The maximum atomic E-state index is 10.5. The third-order valence-electron chi connectivity index (χ3n) is 2.37. The van der Waals surface area contributed by atoms with E-state index in [9.17, 15) is 24.4 Å². The molecule has 0 saturated carbocycles. The quantitative estimate of drug-likeness (QED) is 0.170. The number of hydrogen-bond acceptors (Lipinski definition) is 8. The average molecular weight is 382 g/mol. The van der Waals surface area contributed by atoms with E-state index >= 15 is 0 Å². The summed E-state index contributed by atoms with van der Waals surface area (Å²) < 4.78 is 33.6. The van der Waals surface area contributed by atoms with Gasteiger partial charge in [-0.3, -0.25) is 9.05 Å². The van der Waals surface area contributed by atoms with Crippen LogP contribution in [0.15, 0.2) is 0 Å². The standard InChI is InChI=1S/C6H14O12P2.Na.H2O.H/c7-4-3(1-16-19(10,11)12)18-6(9,5(4)8)2-17-20(13,14)15;;;/h3-5,7-9H,1-2H2,(H2,10,11,12)(H2,13,14,15);;1H2;/t3-,4-,5+,6-;;;/m1.../s1. The number of hydrogen-bond donors (Lipinski definition) is 7. The zero-order valence-electron chi connectivity index (χ0n) is 10.2. The van der Waals surface area contributed by atoms with Crippen molar-refractivity contribution in [2.75, 3.05) is 13.2 Å². The average Bonchev–Trinajstić information content (AvgIpc) is 2.48. The SMILES string of the molecule is O.O=P(O)(O)OC[C@H]1O[C@](O)(COP(=O)(O)O)[C@@H](O)[C@@H]1O.[NaH]. The third kappa shape index (κ3) is 7.73. The van der Waals surface area contributed by atoms with Crippen LogP contribution in [0.5, 0.6) is 0 Å². The maximum absolute atomic E-state index is 10.5. The molecule has 130 valence electrons. The Kier molecular flexibility index (Phi) is 10.2. The van der Waals surface area contributed by atoms with Gasteiger partial charge in [-0.05, 0) is 0 Å². The second-order valence-corrected chi connectivity index (χ2v) is 6.47.